The van der Waals surface area contributed by atoms with Gasteiger partial charge in [0.05, 0.1) is 0 Å². The van der Waals surface area contributed by atoms with Gasteiger partial charge in [-0.25, -0.2) is 0 Å². The number of rotatable bonds is 7. The van der Waals surface area contributed by atoms with Gasteiger partial charge in [0.2, 0.25) is 0 Å². The fraction of sp³-hybridized carbons (Fsp3) is 0.429. The van der Waals surface area contributed by atoms with Gasteiger partial charge in [0.25, 0.3) is 0 Å². The van der Waals surface area contributed by atoms with E-state index in [2.05, 4.69) is 70.9 Å². The zero-order valence-corrected chi connectivity index (χ0v) is 14.0. The van der Waals surface area contributed by atoms with Gasteiger partial charge in [0, 0.05) is 19.1 Å². The third kappa shape index (κ3) is 5.19. The standard InChI is InChI=1S/C21H28N2/c1-3-7-19(8-4-1)13-17-23(21-11-15-22-16-12-21)18-14-20-9-5-2-6-10-20/h1-10,21-22H,11-18H2. The highest BCUT2D eigenvalue weighted by atomic mass is 15.2. The lowest BCUT2D eigenvalue weighted by molar-refractivity contribution is 0.165. The minimum Gasteiger partial charge on any atom is -0.317 e. The Morgan fingerprint density at radius 1 is 0.739 bits per heavy atom. The Morgan fingerprint density at radius 2 is 1.22 bits per heavy atom. The number of hydrogen-bond acceptors (Lipinski definition) is 2. The molecule has 0 saturated carbocycles. The van der Waals surface area contributed by atoms with Gasteiger partial charge in [-0.05, 0) is 49.9 Å². The van der Waals surface area contributed by atoms with Crippen molar-refractivity contribution in [1.29, 1.82) is 0 Å². The monoisotopic (exact) mass is 308 g/mol. The molecular weight excluding hydrogens is 280 g/mol. The molecule has 1 N–H and O–H groups in total. The second-order valence-electron chi connectivity index (χ2n) is 6.49. The fourth-order valence-corrected chi connectivity index (χ4v) is 3.48. The molecule has 0 unspecified atom stereocenters. The van der Waals surface area contributed by atoms with Crippen molar-refractivity contribution in [3.05, 3.63) is 71.8 Å². The molecule has 2 aromatic carbocycles. The van der Waals surface area contributed by atoms with Crippen LogP contribution in [0.4, 0.5) is 0 Å². The van der Waals surface area contributed by atoms with Crippen LogP contribution in [0.2, 0.25) is 0 Å². The van der Waals surface area contributed by atoms with Gasteiger partial charge >= 0.3 is 0 Å². The lowest BCUT2D eigenvalue weighted by Gasteiger charge is -2.35. The Morgan fingerprint density at radius 3 is 1.70 bits per heavy atom. The molecule has 1 aliphatic rings. The molecule has 23 heavy (non-hydrogen) atoms. The summed E-state index contributed by atoms with van der Waals surface area (Å²) in [6, 6.07) is 22.5. The van der Waals surface area contributed by atoms with E-state index in [0.717, 1.165) is 32.0 Å². The number of benzene rings is 2. The molecule has 1 fully saturated rings. The summed E-state index contributed by atoms with van der Waals surface area (Å²) in [7, 11) is 0. The SMILES string of the molecule is c1ccc(CCN(CCc2ccccc2)C2CCNCC2)cc1. The molecule has 0 aliphatic carbocycles. The first-order valence-corrected chi connectivity index (χ1v) is 8.94. The first kappa shape index (κ1) is 16.2. The maximum atomic E-state index is 3.49. The van der Waals surface area contributed by atoms with Crippen LogP contribution < -0.4 is 5.32 Å². The third-order valence-corrected chi connectivity index (χ3v) is 4.89. The highest BCUT2D eigenvalue weighted by molar-refractivity contribution is 5.16. The predicted octanol–water partition coefficient (Wildman–Crippen LogP) is 3.53. The van der Waals surface area contributed by atoms with Crippen LogP contribution in [0.25, 0.3) is 0 Å². The maximum absolute atomic E-state index is 3.49. The van der Waals surface area contributed by atoms with Crippen molar-refractivity contribution in [2.75, 3.05) is 26.2 Å². The minimum atomic E-state index is 0.740. The summed E-state index contributed by atoms with van der Waals surface area (Å²) in [4.78, 5) is 2.72. The highest BCUT2D eigenvalue weighted by Gasteiger charge is 2.20. The topological polar surface area (TPSA) is 15.3 Å². The van der Waals surface area contributed by atoms with E-state index in [1.165, 1.54) is 37.1 Å². The molecule has 1 saturated heterocycles. The second kappa shape index (κ2) is 8.85. The van der Waals surface area contributed by atoms with Crippen LogP contribution in [0.3, 0.4) is 0 Å². The van der Waals surface area contributed by atoms with E-state index >= 15 is 0 Å². The zero-order chi connectivity index (χ0) is 15.7. The van der Waals surface area contributed by atoms with Crippen LogP contribution in [0.5, 0.6) is 0 Å². The summed E-state index contributed by atoms with van der Waals surface area (Å²) in [5, 5.41) is 3.49. The van der Waals surface area contributed by atoms with Crippen molar-refractivity contribution >= 4 is 0 Å². The van der Waals surface area contributed by atoms with Crippen LogP contribution in [0.15, 0.2) is 60.7 Å². The Kier molecular flexibility index (Phi) is 6.25. The van der Waals surface area contributed by atoms with Crippen molar-refractivity contribution in [2.45, 2.75) is 31.7 Å². The molecule has 0 spiro atoms. The van der Waals surface area contributed by atoms with Gasteiger partial charge < -0.3 is 5.32 Å². The van der Waals surface area contributed by atoms with Crippen LogP contribution in [0, 0.1) is 0 Å². The van der Waals surface area contributed by atoms with Crippen LogP contribution in [-0.4, -0.2) is 37.1 Å². The van der Waals surface area contributed by atoms with Crippen LogP contribution >= 0.6 is 0 Å². The van der Waals surface area contributed by atoms with Crippen molar-refractivity contribution in [2.24, 2.45) is 0 Å². The molecule has 0 bridgehead atoms. The van der Waals surface area contributed by atoms with Crippen molar-refractivity contribution < 1.29 is 0 Å². The molecule has 3 rings (SSSR count). The van der Waals surface area contributed by atoms with Gasteiger partial charge in [-0.2, -0.15) is 0 Å². The highest BCUT2D eigenvalue weighted by Crippen LogP contribution is 2.14. The third-order valence-electron chi connectivity index (χ3n) is 4.89. The number of piperidine rings is 1. The first-order valence-electron chi connectivity index (χ1n) is 8.94. The van der Waals surface area contributed by atoms with Gasteiger partial charge in [0.15, 0.2) is 0 Å². The van der Waals surface area contributed by atoms with E-state index in [0.29, 0.717) is 0 Å². The van der Waals surface area contributed by atoms with Crippen LogP contribution in [0.1, 0.15) is 24.0 Å². The van der Waals surface area contributed by atoms with E-state index in [9.17, 15) is 0 Å². The molecule has 0 atom stereocenters. The smallest absolute Gasteiger partial charge is 0.0120 e. The molecule has 1 aliphatic heterocycles. The first-order chi connectivity index (χ1) is 11.4. The lowest BCUT2D eigenvalue weighted by atomic mass is 10.0. The Balaban J connectivity index is 1.58. The molecule has 1 heterocycles. The van der Waals surface area contributed by atoms with E-state index < -0.39 is 0 Å². The van der Waals surface area contributed by atoms with Gasteiger partial charge in [-0.15, -0.1) is 0 Å². The number of nitrogens with one attached hydrogen (secondary N) is 1. The Labute approximate surface area is 140 Å². The summed E-state index contributed by atoms with van der Waals surface area (Å²) in [5.74, 6) is 0. The average Bonchev–Trinajstić information content (AvgIpc) is 2.64. The molecule has 2 aromatic rings. The van der Waals surface area contributed by atoms with E-state index in [1.807, 2.05) is 0 Å². The summed E-state index contributed by atoms with van der Waals surface area (Å²) in [6.45, 7) is 4.67. The number of nitrogens with zero attached hydrogens (tertiary/aromatic N) is 1. The molecule has 0 radical (unpaired) electrons. The Hall–Kier alpha value is -1.64. The summed E-state index contributed by atoms with van der Waals surface area (Å²) >= 11 is 0. The predicted molar refractivity (Wildman–Crippen MR) is 97.8 cm³/mol. The molecule has 0 aromatic heterocycles. The summed E-state index contributed by atoms with van der Waals surface area (Å²) < 4.78 is 0. The van der Waals surface area contributed by atoms with Gasteiger partial charge in [-0.3, -0.25) is 4.90 Å². The lowest BCUT2D eigenvalue weighted by Crippen LogP contribution is -2.44. The van der Waals surface area contributed by atoms with E-state index in [1.54, 1.807) is 0 Å². The molecule has 2 heteroatoms. The quantitative estimate of drug-likeness (QED) is 0.842. The van der Waals surface area contributed by atoms with E-state index in [4.69, 9.17) is 0 Å². The fourth-order valence-electron chi connectivity index (χ4n) is 3.48. The van der Waals surface area contributed by atoms with Crippen molar-refractivity contribution in [1.82, 2.24) is 10.2 Å². The molecular formula is C21H28N2. The van der Waals surface area contributed by atoms with Crippen LogP contribution in [-0.2, 0) is 12.8 Å². The zero-order valence-electron chi connectivity index (χ0n) is 14.0. The van der Waals surface area contributed by atoms with Gasteiger partial charge in [0.1, 0.15) is 0 Å². The maximum Gasteiger partial charge on any atom is 0.0120 e. The summed E-state index contributed by atoms with van der Waals surface area (Å²) in [5.41, 5.74) is 2.90. The Bertz CT molecular complexity index is 503. The second-order valence-corrected chi connectivity index (χ2v) is 6.49. The van der Waals surface area contributed by atoms with Crippen molar-refractivity contribution in [3.63, 3.8) is 0 Å². The molecule has 122 valence electrons. The van der Waals surface area contributed by atoms with Gasteiger partial charge in [-0.1, -0.05) is 60.7 Å². The van der Waals surface area contributed by atoms with Crippen molar-refractivity contribution in [3.8, 4) is 0 Å². The number of hydrogen-bond donors (Lipinski definition) is 1. The minimum absolute atomic E-state index is 0.740. The normalized spacial score (nSPS) is 15.9. The summed E-state index contributed by atoms with van der Waals surface area (Å²) in [6.07, 6.45) is 4.87. The molecule has 0 amide bonds. The largest absolute Gasteiger partial charge is 0.317 e. The molecule has 2 nitrogen and oxygen atoms in total. The average molecular weight is 308 g/mol. The van der Waals surface area contributed by atoms with E-state index in [-0.39, 0.29) is 0 Å².